The van der Waals surface area contributed by atoms with Crippen LogP contribution in [0, 0.1) is 11.8 Å². The number of carbonyl (C=O) groups excluding carboxylic acids is 2. The van der Waals surface area contributed by atoms with Crippen molar-refractivity contribution in [3.05, 3.63) is 23.8 Å². The Kier molecular flexibility index (Phi) is 8.76. The van der Waals surface area contributed by atoms with Crippen LogP contribution >= 0.6 is 0 Å². The number of esters is 1. The Morgan fingerprint density at radius 1 is 1.24 bits per heavy atom. The van der Waals surface area contributed by atoms with Gasteiger partial charge in [-0.25, -0.2) is 4.79 Å². The number of nitrogens with zero attached hydrogens (tertiary/aromatic N) is 1. The summed E-state index contributed by atoms with van der Waals surface area (Å²) in [6, 6.07) is 4.90. The largest absolute Gasteiger partial charge is 0.493 e. The minimum atomic E-state index is -0.571. The van der Waals surface area contributed by atoms with E-state index in [1.165, 1.54) is 0 Å². The van der Waals surface area contributed by atoms with Gasteiger partial charge in [-0.05, 0) is 42.9 Å². The number of ether oxygens (including phenoxy) is 4. The van der Waals surface area contributed by atoms with Crippen molar-refractivity contribution in [3.63, 3.8) is 0 Å². The maximum Gasteiger partial charge on any atom is 0.328 e. The van der Waals surface area contributed by atoms with E-state index in [-0.39, 0.29) is 23.8 Å². The molecule has 2 rings (SSSR count). The first kappa shape index (κ1) is 23.0. The third-order valence-electron chi connectivity index (χ3n) is 5.40. The van der Waals surface area contributed by atoms with Crippen molar-refractivity contribution < 1.29 is 28.5 Å². The van der Waals surface area contributed by atoms with E-state index < -0.39 is 6.04 Å². The summed E-state index contributed by atoms with van der Waals surface area (Å²) in [6.45, 7) is 7.39. The van der Waals surface area contributed by atoms with Crippen molar-refractivity contribution in [2.24, 2.45) is 11.8 Å². The zero-order chi connectivity index (χ0) is 21.4. The van der Waals surface area contributed by atoms with Gasteiger partial charge < -0.3 is 23.8 Å². The molecule has 0 bridgehead atoms. The molecule has 0 radical (unpaired) electrons. The topological polar surface area (TPSA) is 74.3 Å². The van der Waals surface area contributed by atoms with Gasteiger partial charge >= 0.3 is 5.97 Å². The lowest BCUT2D eigenvalue weighted by Crippen LogP contribution is -2.37. The first-order valence-corrected chi connectivity index (χ1v) is 10.2. The van der Waals surface area contributed by atoms with Crippen LogP contribution in [0.3, 0.4) is 0 Å². The van der Waals surface area contributed by atoms with Crippen LogP contribution in [0.5, 0.6) is 11.5 Å². The minimum absolute atomic E-state index is 0.129. The predicted molar refractivity (Wildman–Crippen MR) is 109 cm³/mol. The molecule has 7 nitrogen and oxygen atoms in total. The highest BCUT2D eigenvalue weighted by Crippen LogP contribution is 2.45. The van der Waals surface area contributed by atoms with Gasteiger partial charge in [0.1, 0.15) is 6.04 Å². The second kappa shape index (κ2) is 11.0. The van der Waals surface area contributed by atoms with E-state index >= 15 is 0 Å². The van der Waals surface area contributed by atoms with Crippen LogP contribution in [0.15, 0.2) is 18.2 Å². The maximum atomic E-state index is 12.5. The molecule has 1 aromatic carbocycles. The molecule has 29 heavy (non-hydrogen) atoms. The average molecular weight is 408 g/mol. The van der Waals surface area contributed by atoms with Crippen molar-refractivity contribution in [1.82, 2.24) is 4.90 Å². The fourth-order valence-corrected chi connectivity index (χ4v) is 3.95. The monoisotopic (exact) mass is 407 g/mol. The Balaban J connectivity index is 2.35. The molecule has 0 aliphatic carbocycles. The number of rotatable bonds is 11. The van der Waals surface area contributed by atoms with Crippen LogP contribution in [0.2, 0.25) is 0 Å². The number of benzene rings is 1. The van der Waals surface area contributed by atoms with E-state index in [0.29, 0.717) is 37.7 Å². The summed E-state index contributed by atoms with van der Waals surface area (Å²) in [4.78, 5) is 26.0. The van der Waals surface area contributed by atoms with Gasteiger partial charge in [0.15, 0.2) is 11.5 Å². The summed E-state index contributed by atoms with van der Waals surface area (Å²) in [5, 5.41) is 0. The van der Waals surface area contributed by atoms with Crippen LogP contribution < -0.4 is 9.47 Å². The molecule has 1 aliphatic heterocycles. The van der Waals surface area contributed by atoms with Gasteiger partial charge in [0.2, 0.25) is 6.41 Å². The third kappa shape index (κ3) is 5.41. The Labute approximate surface area is 173 Å². The molecule has 162 valence electrons. The molecular weight excluding hydrogens is 374 g/mol. The lowest BCUT2D eigenvalue weighted by molar-refractivity contribution is -0.151. The molecule has 1 aliphatic rings. The van der Waals surface area contributed by atoms with Gasteiger partial charge in [0.25, 0.3) is 0 Å². The normalized spacial score (nSPS) is 21.3. The van der Waals surface area contributed by atoms with Crippen molar-refractivity contribution >= 4 is 12.4 Å². The van der Waals surface area contributed by atoms with Gasteiger partial charge in [-0.15, -0.1) is 0 Å². The second-order valence-corrected chi connectivity index (χ2v) is 7.51. The molecule has 0 aromatic heterocycles. The van der Waals surface area contributed by atoms with Gasteiger partial charge in [-0.1, -0.05) is 19.9 Å². The van der Waals surface area contributed by atoms with E-state index in [1.807, 2.05) is 18.2 Å². The standard InChI is InChI=1S/C22H33NO6/c1-6-28-22(25)18-13-17(15(2)3)21(23(18)14-24)16-8-9-19(27-5)20(12-16)29-11-7-10-26-4/h8-9,12,14-15,17-18,21H,6-7,10-11,13H2,1-5H3/t17-,18-,21-/m0/s1. The van der Waals surface area contributed by atoms with Crippen LogP contribution in [0.1, 0.15) is 45.2 Å². The molecule has 0 saturated carbocycles. The zero-order valence-electron chi connectivity index (χ0n) is 18.1. The first-order valence-electron chi connectivity index (χ1n) is 10.2. The minimum Gasteiger partial charge on any atom is -0.493 e. The number of amides is 1. The van der Waals surface area contributed by atoms with E-state index in [0.717, 1.165) is 18.4 Å². The quantitative estimate of drug-likeness (QED) is 0.319. The van der Waals surface area contributed by atoms with Gasteiger partial charge in [0, 0.05) is 20.1 Å². The van der Waals surface area contributed by atoms with E-state index in [1.54, 1.807) is 26.0 Å². The number of methoxy groups -OCH3 is 2. The van der Waals surface area contributed by atoms with E-state index in [2.05, 4.69) is 13.8 Å². The summed E-state index contributed by atoms with van der Waals surface area (Å²) >= 11 is 0. The number of carbonyl (C=O) groups is 2. The molecule has 7 heteroatoms. The Morgan fingerprint density at radius 2 is 2.00 bits per heavy atom. The van der Waals surface area contributed by atoms with Crippen molar-refractivity contribution in [2.75, 3.05) is 34.0 Å². The molecule has 1 fully saturated rings. The molecule has 1 amide bonds. The third-order valence-corrected chi connectivity index (χ3v) is 5.40. The van der Waals surface area contributed by atoms with Gasteiger partial charge in [-0.2, -0.15) is 0 Å². The van der Waals surface area contributed by atoms with Gasteiger partial charge in [0.05, 0.1) is 26.4 Å². The van der Waals surface area contributed by atoms with Crippen LogP contribution in [0.4, 0.5) is 0 Å². The number of hydrogen-bond acceptors (Lipinski definition) is 6. The lowest BCUT2D eigenvalue weighted by atomic mass is 9.84. The highest BCUT2D eigenvalue weighted by atomic mass is 16.5. The fraction of sp³-hybridized carbons (Fsp3) is 0.636. The Morgan fingerprint density at radius 3 is 2.59 bits per heavy atom. The summed E-state index contributed by atoms with van der Waals surface area (Å²) < 4.78 is 21.6. The van der Waals surface area contributed by atoms with Crippen LogP contribution in [-0.4, -0.2) is 57.4 Å². The SMILES string of the molecule is CCOC(=O)[C@@H]1C[C@@H](C(C)C)[C@H](c2ccc(OC)c(OCCCOC)c2)N1C=O. The lowest BCUT2D eigenvalue weighted by Gasteiger charge is -2.29. The maximum absolute atomic E-state index is 12.5. The fourth-order valence-electron chi connectivity index (χ4n) is 3.95. The van der Waals surface area contributed by atoms with Crippen LogP contribution in [0.25, 0.3) is 0 Å². The molecule has 1 saturated heterocycles. The molecule has 1 aromatic rings. The molecule has 0 unspecified atom stereocenters. The average Bonchev–Trinajstić information content (AvgIpc) is 3.11. The second-order valence-electron chi connectivity index (χ2n) is 7.51. The highest BCUT2D eigenvalue weighted by Gasteiger charge is 2.46. The van der Waals surface area contributed by atoms with E-state index in [9.17, 15) is 9.59 Å². The molecule has 3 atom stereocenters. The zero-order valence-corrected chi connectivity index (χ0v) is 18.1. The summed E-state index contributed by atoms with van der Waals surface area (Å²) in [5.41, 5.74) is 0.921. The molecular formula is C22H33NO6. The predicted octanol–water partition coefficient (Wildman–Crippen LogP) is 3.22. The number of hydrogen-bond donors (Lipinski definition) is 0. The Bertz CT molecular complexity index is 677. The van der Waals surface area contributed by atoms with E-state index in [4.69, 9.17) is 18.9 Å². The molecule has 0 spiro atoms. The highest BCUT2D eigenvalue weighted by molar-refractivity contribution is 5.79. The number of likely N-dealkylation sites (tertiary alicyclic amines) is 1. The summed E-state index contributed by atoms with van der Waals surface area (Å²) in [5.74, 6) is 1.32. The van der Waals surface area contributed by atoms with Crippen molar-refractivity contribution in [3.8, 4) is 11.5 Å². The van der Waals surface area contributed by atoms with Crippen LogP contribution in [-0.2, 0) is 19.1 Å². The van der Waals surface area contributed by atoms with Gasteiger partial charge in [-0.3, -0.25) is 4.79 Å². The smallest absolute Gasteiger partial charge is 0.328 e. The first-order chi connectivity index (χ1) is 14.0. The van der Waals surface area contributed by atoms with Crippen molar-refractivity contribution in [1.29, 1.82) is 0 Å². The summed E-state index contributed by atoms with van der Waals surface area (Å²) in [7, 11) is 3.25. The molecule has 1 heterocycles. The Hall–Kier alpha value is -2.28. The molecule has 0 N–H and O–H groups in total. The summed E-state index contributed by atoms with van der Waals surface area (Å²) in [6.07, 6.45) is 2.10. The van der Waals surface area contributed by atoms with Crippen molar-refractivity contribution in [2.45, 2.75) is 45.7 Å².